The fraction of sp³-hybridized carbons (Fsp3) is 0.455. The normalized spacial score (nSPS) is 12.8. The number of hydrogen-bond donors (Lipinski definition) is 2. The van der Waals surface area contributed by atoms with Gasteiger partial charge in [0.1, 0.15) is 0 Å². The zero-order chi connectivity index (χ0) is 9.84. The number of aliphatic hydroxyl groups excluding tert-OH is 1. The standard InChI is InChI=1S/C11H17NO/c1-3-10(13)7-9-4-5-11(12)8(2)6-9/h4-6,10,13H,3,7,12H2,1-2H3. The first-order chi connectivity index (χ1) is 6.13. The molecule has 1 rings (SSSR count). The Morgan fingerprint density at radius 1 is 1.46 bits per heavy atom. The molecule has 0 bridgehead atoms. The molecule has 0 saturated heterocycles. The van der Waals surface area contributed by atoms with Crippen molar-refractivity contribution in [3.63, 3.8) is 0 Å². The highest BCUT2D eigenvalue weighted by Crippen LogP contribution is 2.14. The summed E-state index contributed by atoms with van der Waals surface area (Å²) in [4.78, 5) is 0. The maximum Gasteiger partial charge on any atom is 0.0577 e. The summed E-state index contributed by atoms with van der Waals surface area (Å²) in [6.07, 6.45) is 1.28. The molecule has 72 valence electrons. The van der Waals surface area contributed by atoms with Crippen LogP contribution in [0.2, 0.25) is 0 Å². The van der Waals surface area contributed by atoms with Crippen molar-refractivity contribution in [2.75, 3.05) is 5.73 Å². The van der Waals surface area contributed by atoms with E-state index in [1.54, 1.807) is 0 Å². The Balaban J connectivity index is 2.73. The maximum atomic E-state index is 9.44. The number of hydrogen-bond acceptors (Lipinski definition) is 2. The number of anilines is 1. The van der Waals surface area contributed by atoms with Crippen molar-refractivity contribution in [3.05, 3.63) is 29.3 Å². The molecular weight excluding hydrogens is 162 g/mol. The Labute approximate surface area is 79.4 Å². The molecule has 1 unspecified atom stereocenters. The highest BCUT2D eigenvalue weighted by Gasteiger charge is 2.03. The van der Waals surface area contributed by atoms with E-state index < -0.39 is 0 Å². The van der Waals surface area contributed by atoms with Gasteiger partial charge in [0, 0.05) is 5.69 Å². The molecule has 0 heterocycles. The first kappa shape index (κ1) is 10.1. The summed E-state index contributed by atoms with van der Waals surface area (Å²) >= 11 is 0. The summed E-state index contributed by atoms with van der Waals surface area (Å²) in [5, 5.41) is 9.44. The van der Waals surface area contributed by atoms with Gasteiger partial charge in [-0.3, -0.25) is 0 Å². The van der Waals surface area contributed by atoms with Gasteiger partial charge in [-0.15, -0.1) is 0 Å². The lowest BCUT2D eigenvalue weighted by atomic mass is 10.0. The fourth-order valence-corrected chi connectivity index (χ4v) is 1.28. The van der Waals surface area contributed by atoms with Crippen LogP contribution in [-0.2, 0) is 6.42 Å². The Morgan fingerprint density at radius 3 is 2.69 bits per heavy atom. The van der Waals surface area contributed by atoms with E-state index in [4.69, 9.17) is 5.73 Å². The topological polar surface area (TPSA) is 46.2 Å². The molecule has 1 aromatic rings. The molecule has 2 nitrogen and oxygen atoms in total. The summed E-state index contributed by atoms with van der Waals surface area (Å²) in [7, 11) is 0. The third-order valence-electron chi connectivity index (χ3n) is 2.28. The maximum absolute atomic E-state index is 9.44. The second-order valence-corrected chi connectivity index (χ2v) is 3.46. The van der Waals surface area contributed by atoms with Gasteiger partial charge in [-0.25, -0.2) is 0 Å². The summed E-state index contributed by atoms with van der Waals surface area (Å²) in [6, 6.07) is 5.91. The fourth-order valence-electron chi connectivity index (χ4n) is 1.28. The van der Waals surface area contributed by atoms with E-state index in [1.165, 1.54) is 0 Å². The first-order valence-corrected chi connectivity index (χ1v) is 4.66. The molecule has 0 aliphatic carbocycles. The molecule has 0 aliphatic rings. The van der Waals surface area contributed by atoms with Gasteiger partial charge in [0.15, 0.2) is 0 Å². The van der Waals surface area contributed by atoms with E-state index in [2.05, 4.69) is 0 Å². The number of nitrogen functional groups attached to an aromatic ring is 1. The van der Waals surface area contributed by atoms with Crippen LogP contribution in [0.4, 0.5) is 5.69 Å². The number of rotatable bonds is 3. The van der Waals surface area contributed by atoms with Crippen molar-refractivity contribution >= 4 is 5.69 Å². The summed E-state index contributed by atoms with van der Waals surface area (Å²) in [5.74, 6) is 0. The number of benzene rings is 1. The molecule has 2 heteroatoms. The van der Waals surface area contributed by atoms with Gasteiger partial charge in [-0.1, -0.05) is 19.1 Å². The largest absolute Gasteiger partial charge is 0.399 e. The molecule has 0 spiro atoms. The lowest BCUT2D eigenvalue weighted by Crippen LogP contribution is -2.08. The van der Waals surface area contributed by atoms with Crippen LogP contribution in [0.5, 0.6) is 0 Å². The average molecular weight is 179 g/mol. The highest BCUT2D eigenvalue weighted by molar-refractivity contribution is 5.47. The third-order valence-corrected chi connectivity index (χ3v) is 2.28. The summed E-state index contributed by atoms with van der Waals surface area (Å²) in [5.41, 5.74) is 8.74. The SMILES string of the molecule is CCC(O)Cc1ccc(N)c(C)c1. The summed E-state index contributed by atoms with van der Waals surface area (Å²) in [6.45, 7) is 3.96. The minimum absolute atomic E-state index is 0.233. The predicted molar refractivity (Wildman–Crippen MR) is 55.6 cm³/mol. The van der Waals surface area contributed by atoms with E-state index in [0.29, 0.717) is 0 Å². The average Bonchev–Trinajstić information content (AvgIpc) is 2.11. The lowest BCUT2D eigenvalue weighted by Gasteiger charge is -2.09. The van der Waals surface area contributed by atoms with Crippen LogP contribution in [0.3, 0.4) is 0 Å². The van der Waals surface area contributed by atoms with Gasteiger partial charge < -0.3 is 10.8 Å². The van der Waals surface area contributed by atoms with Crippen molar-refractivity contribution in [1.82, 2.24) is 0 Å². The number of aliphatic hydroxyl groups is 1. The number of aryl methyl sites for hydroxylation is 1. The third kappa shape index (κ3) is 2.74. The van der Waals surface area contributed by atoms with Gasteiger partial charge in [0.05, 0.1) is 6.10 Å². The van der Waals surface area contributed by atoms with Crippen molar-refractivity contribution in [1.29, 1.82) is 0 Å². The monoisotopic (exact) mass is 179 g/mol. The second-order valence-electron chi connectivity index (χ2n) is 3.46. The van der Waals surface area contributed by atoms with Gasteiger partial charge in [0.2, 0.25) is 0 Å². The Kier molecular flexibility index (Phi) is 3.32. The second kappa shape index (κ2) is 4.28. The molecule has 3 N–H and O–H groups in total. The Bertz CT molecular complexity index is 283. The zero-order valence-corrected chi connectivity index (χ0v) is 8.25. The van der Waals surface area contributed by atoms with Crippen LogP contribution >= 0.6 is 0 Å². The van der Waals surface area contributed by atoms with E-state index in [-0.39, 0.29) is 6.10 Å². The minimum Gasteiger partial charge on any atom is -0.399 e. The van der Waals surface area contributed by atoms with Crippen LogP contribution in [0.25, 0.3) is 0 Å². The molecule has 1 atom stereocenters. The van der Waals surface area contributed by atoms with Crippen LogP contribution in [0, 0.1) is 6.92 Å². The van der Waals surface area contributed by atoms with Crippen molar-refractivity contribution in [3.8, 4) is 0 Å². The zero-order valence-electron chi connectivity index (χ0n) is 8.25. The highest BCUT2D eigenvalue weighted by atomic mass is 16.3. The molecule has 0 radical (unpaired) electrons. The van der Waals surface area contributed by atoms with Crippen LogP contribution < -0.4 is 5.73 Å². The Morgan fingerprint density at radius 2 is 2.15 bits per heavy atom. The van der Waals surface area contributed by atoms with Crippen molar-refractivity contribution < 1.29 is 5.11 Å². The quantitative estimate of drug-likeness (QED) is 0.696. The molecule has 0 fully saturated rings. The minimum atomic E-state index is -0.233. The van der Waals surface area contributed by atoms with Crippen LogP contribution in [0.1, 0.15) is 24.5 Å². The van der Waals surface area contributed by atoms with Crippen molar-refractivity contribution in [2.24, 2.45) is 0 Å². The summed E-state index contributed by atoms with van der Waals surface area (Å²) < 4.78 is 0. The van der Waals surface area contributed by atoms with Gasteiger partial charge >= 0.3 is 0 Å². The van der Waals surface area contributed by atoms with Gasteiger partial charge in [-0.2, -0.15) is 0 Å². The molecule has 1 aromatic carbocycles. The van der Waals surface area contributed by atoms with E-state index >= 15 is 0 Å². The van der Waals surface area contributed by atoms with Crippen LogP contribution in [0.15, 0.2) is 18.2 Å². The molecule has 0 amide bonds. The lowest BCUT2D eigenvalue weighted by molar-refractivity contribution is 0.171. The predicted octanol–water partition coefficient (Wildman–Crippen LogP) is 1.89. The van der Waals surface area contributed by atoms with Gasteiger partial charge in [0.25, 0.3) is 0 Å². The molecule has 0 saturated carbocycles. The van der Waals surface area contributed by atoms with Gasteiger partial charge in [-0.05, 0) is 37.0 Å². The molecule has 0 aromatic heterocycles. The molecule has 13 heavy (non-hydrogen) atoms. The van der Waals surface area contributed by atoms with E-state index in [0.717, 1.165) is 29.7 Å². The van der Waals surface area contributed by atoms with E-state index in [1.807, 2.05) is 32.0 Å². The Hall–Kier alpha value is -1.02. The van der Waals surface area contributed by atoms with E-state index in [9.17, 15) is 5.11 Å². The molecule has 0 aliphatic heterocycles. The first-order valence-electron chi connectivity index (χ1n) is 4.66. The van der Waals surface area contributed by atoms with Crippen LogP contribution in [-0.4, -0.2) is 11.2 Å². The molecular formula is C11H17NO. The smallest absolute Gasteiger partial charge is 0.0577 e. The van der Waals surface area contributed by atoms with Crippen molar-refractivity contribution in [2.45, 2.75) is 32.8 Å². The number of nitrogens with two attached hydrogens (primary N) is 1.